The van der Waals surface area contributed by atoms with E-state index in [0.29, 0.717) is 0 Å². The van der Waals surface area contributed by atoms with E-state index in [9.17, 15) is 0 Å². The highest BCUT2D eigenvalue weighted by atomic mass is 16.6. The minimum absolute atomic E-state index is 1.62. The van der Waals surface area contributed by atoms with Gasteiger partial charge in [-0.3, -0.25) is 0 Å². The van der Waals surface area contributed by atoms with Crippen LogP contribution in [0.3, 0.4) is 0 Å². The van der Waals surface area contributed by atoms with E-state index in [1.807, 2.05) is 14.1 Å². The Morgan fingerprint density at radius 2 is 1.17 bits per heavy atom. The Bertz CT molecular complexity index is 68.2. The molecule has 7 heteroatoms. The Morgan fingerprint density at radius 3 is 1.17 bits per heavy atom. The Kier molecular flexibility index (Phi) is 32.3. The van der Waals surface area contributed by atoms with Crippen molar-refractivity contribution >= 4 is 6.16 Å². The molecule has 0 aliphatic rings. The molecule has 7 nitrogen and oxygen atoms in total. The molecule has 0 aromatic carbocycles. The monoisotopic (exact) mass is 184 g/mol. The number of carboxylic acid groups (broad SMARTS) is 2. The van der Waals surface area contributed by atoms with Gasteiger partial charge in [-0.2, -0.15) is 0 Å². The summed E-state index contributed by atoms with van der Waals surface area (Å²) in [7, 11) is 6.92. The third-order valence-electron chi connectivity index (χ3n) is 0.471. The molecular weight excluding hydrogens is 168 g/mol. The lowest BCUT2D eigenvalue weighted by Crippen LogP contribution is -2.77. The van der Waals surface area contributed by atoms with Crippen LogP contribution in [0.5, 0.6) is 0 Å². The van der Waals surface area contributed by atoms with Gasteiger partial charge in [0, 0.05) is 0 Å². The van der Waals surface area contributed by atoms with E-state index in [2.05, 4.69) is 9.68 Å². The van der Waals surface area contributed by atoms with Crippen LogP contribution in [-0.4, -0.2) is 34.5 Å². The number of rotatable bonds is 2. The Morgan fingerprint density at radius 1 is 1.08 bits per heavy atom. The molecule has 0 heterocycles. The topological polar surface area (TPSA) is 115 Å². The maximum absolute atomic E-state index is 8.33. The summed E-state index contributed by atoms with van der Waals surface area (Å²) in [6, 6.07) is 0. The van der Waals surface area contributed by atoms with Gasteiger partial charge in [-0.25, -0.2) is 20.6 Å². The summed E-state index contributed by atoms with van der Waals surface area (Å²) in [5, 5.41) is 16.7. The molecule has 0 aromatic heterocycles. The first-order valence-corrected chi connectivity index (χ1v) is 3.05. The molecule has 0 rings (SSSR count). The van der Waals surface area contributed by atoms with Crippen LogP contribution in [0.15, 0.2) is 0 Å². The van der Waals surface area contributed by atoms with E-state index < -0.39 is 6.16 Å². The number of hydrogen-bond donors (Lipinski definition) is 2. The van der Waals surface area contributed by atoms with Gasteiger partial charge >= 0.3 is 0 Å². The second-order valence-electron chi connectivity index (χ2n) is 1.19. The summed E-state index contributed by atoms with van der Waals surface area (Å²) in [5.41, 5.74) is 3.25. The van der Waals surface area contributed by atoms with Crippen molar-refractivity contribution in [2.75, 3.05) is 28.3 Å². The lowest BCUT2D eigenvalue weighted by molar-refractivity contribution is -0.871. The lowest BCUT2D eigenvalue weighted by atomic mass is 11.5. The van der Waals surface area contributed by atoms with Gasteiger partial charge in [-0.05, 0) is 6.16 Å². The predicted octanol–water partition coefficient (Wildman–Crippen LogP) is -4.96. The van der Waals surface area contributed by atoms with E-state index in [-0.39, 0.29) is 0 Å². The zero-order chi connectivity index (χ0) is 10.4. The highest BCUT2D eigenvalue weighted by molar-refractivity contribution is 5.47. The van der Waals surface area contributed by atoms with Crippen LogP contribution in [-0.2, 0) is 9.68 Å². The average Bonchev–Trinajstić information content (AvgIpc) is 2.03. The molecule has 0 bridgehead atoms. The first-order valence-electron chi connectivity index (χ1n) is 3.05. The summed E-state index contributed by atoms with van der Waals surface area (Å²) in [5.74, 6) is 0. The number of carbonyl (C=O) groups is 1. The molecule has 76 valence electrons. The van der Waals surface area contributed by atoms with Crippen molar-refractivity contribution in [2.45, 2.75) is 0 Å². The maximum Gasteiger partial charge on any atom is 0.0952 e. The van der Waals surface area contributed by atoms with Crippen LogP contribution in [0.25, 0.3) is 0 Å². The lowest BCUT2D eigenvalue weighted by Gasteiger charge is -1.96. The molecule has 0 aromatic rings. The Labute approximate surface area is 71.2 Å². The number of carbonyl (C=O) groups excluding carboxylic acids is 1. The molecule has 0 unspecified atom stereocenters. The highest BCUT2D eigenvalue weighted by Gasteiger charge is 1.51. The van der Waals surface area contributed by atoms with Gasteiger partial charge in [-0.1, -0.05) is 0 Å². The Hall–Kier alpha value is -0.890. The van der Waals surface area contributed by atoms with Gasteiger partial charge in [0.05, 0.1) is 28.3 Å². The van der Waals surface area contributed by atoms with Crippen molar-refractivity contribution in [2.24, 2.45) is 0 Å². The average molecular weight is 184 g/mol. The molecule has 12 heavy (non-hydrogen) atoms. The van der Waals surface area contributed by atoms with Crippen LogP contribution in [0.2, 0.25) is 0 Å². The molecule has 0 saturated carbocycles. The third kappa shape index (κ3) is 486. The summed E-state index contributed by atoms with van der Waals surface area (Å²) in [4.78, 5) is 17.2. The van der Waals surface area contributed by atoms with Crippen LogP contribution >= 0.6 is 0 Å². The standard InChI is InChI=1S/2C2H7NO.CH2O3/c2*1-3-4-2;2-1(3)4/h2*3H,1-2H3;(H2,2,3,4). The van der Waals surface area contributed by atoms with E-state index in [1.165, 1.54) is 0 Å². The summed E-state index contributed by atoms with van der Waals surface area (Å²) in [6.45, 7) is 0. The summed E-state index contributed by atoms with van der Waals surface area (Å²) >= 11 is 0. The highest BCUT2D eigenvalue weighted by Crippen LogP contribution is 1.21. The SMILES string of the molecule is C[NH2+]OC.C[NH2+]OC.O=C([O-])[O-]. The fraction of sp³-hybridized carbons (Fsp3) is 0.800. The van der Waals surface area contributed by atoms with E-state index in [0.717, 1.165) is 0 Å². The third-order valence-corrected chi connectivity index (χ3v) is 0.471. The van der Waals surface area contributed by atoms with Gasteiger partial charge in [0.25, 0.3) is 0 Å². The van der Waals surface area contributed by atoms with Crippen LogP contribution < -0.4 is 21.2 Å². The first kappa shape index (κ1) is 17.3. The van der Waals surface area contributed by atoms with Crippen LogP contribution in [0.1, 0.15) is 0 Å². The first-order chi connectivity index (χ1) is 5.56. The van der Waals surface area contributed by atoms with Gasteiger partial charge in [-0.15, -0.1) is 0 Å². The molecule has 0 spiro atoms. The van der Waals surface area contributed by atoms with Crippen LogP contribution in [0.4, 0.5) is 4.79 Å². The van der Waals surface area contributed by atoms with Crippen molar-refractivity contribution in [1.29, 1.82) is 0 Å². The number of nitrogens with two attached hydrogens (primary N) is 2. The van der Waals surface area contributed by atoms with Crippen molar-refractivity contribution < 1.29 is 35.6 Å². The van der Waals surface area contributed by atoms with E-state index >= 15 is 0 Å². The second kappa shape index (κ2) is 22.5. The quantitative estimate of drug-likeness (QED) is 0.417. The minimum atomic E-state index is -2.33. The molecule has 0 saturated heterocycles. The maximum atomic E-state index is 8.33. The Balaban J connectivity index is -0.000000101. The zero-order valence-corrected chi connectivity index (χ0v) is 7.70. The van der Waals surface area contributed by atoms with E-state index in [4.69, 9.17) is 15.0 Å². The van der Waals surface area contributed by atoms with Gasteiger partial charge < -0.3 is 15.0 Å². The molecule has 0 aliphatic carbocycles. The van der Waals surface area contributed by atoms with Gasteiger partial charge in [0.2, 0.25) is 0 Å². The van der Waals surface area contributed by atoms with Crippen molar-refractivity contribution in [1.82, 2.24) is 0 Å². The molecule has 0 aliphatic heterocycles. The fourth-order valence-electron chi connectivity index (χ4n) is 0. The number of hydrogen-bond acceptors (Lipinski definition) is 5. The minimum Gasteiger partial charge on any atom is -0.652 e. The second-order valence-corrected chi connectivity index (χ2v) is 1.19. The molecule has 0 fully saturated rings. The van der Waals surface area contributed by atoms with Gasteiger partial charge in [0.1, 0.15) is 0 Å². The zero-order valence-electron chi connectivity index (χ0n) is 7.70. The summed E-state index contributed by atoms with van der Waals surface area (Å²) in [6.07, 6.45) is -2.33. The molecular formula is C5H16N2O5. The summed E-state index contributed by atoms with van der Waals surface area (Å²) < 4.78 is 0. The predicted molar refractivity (Wildman–Crippen MR) is 35.1 cm³/mol. The van der Waals surface area contributed by atoms with Crippen molar-refractivity contribution in [3.8, 4) is 0 Å². The van der Waals surface area contributed by atoms with E-state index in [1.54, 1.807) is 25.2 Å². The van der Waals surface area contributed by atoms with Crippen LogP contribution in [0, 0.1) is 0 Å². The van der Waals surface area contributed by atoms with Crippen molar-refractivity contribution in [3.05, 3.63) is 0 Å². The molecule has 0 atom stereocenters. The van der Waals surface area contributed by atoms with Gasteiger partial charge in [0.15, 0.2) is 0 Å². The molecule has 4 N–H and O–H groups in total. The fourth-order valence-corrected chi connectivity index (χ4v) is 0. The normalized spacial score (nSPS) is 7.00. The number of quaternary nitrogens is 2. The number of hydroxylamine groups is 2. The molecule has 0 amide bonds. The largest absolute Gasteiger partial charge is 0.652 e. The molecule has 0 radical (unpaired) electrons. The van der Waals surface area contributed by atoms with Crippen molar-refractivity contribution in [3.63, 3.8) is 0 Å². The smallest absolute Gasteiger partial charge is 0.0952 e.